The van der Waals surface area contributed by atoms with Gasteiger partial charge >= 0.3 is 6.01 Å². The number of halogens is 3. The summed E-state index contributed by atoms with van der Waals surface area (Å²) in [5.41, 5.74) is 0.0859. The summed E-state index contributed by atoms with van der Waals surface area (Å²) in [5.74, 6) is -0.323. The normalized spacial score (nSPS) is 26.2. The van der Waals surface area contributed by atoms with E-state index in [1.165, 1.54) is 18.2 Å². The van der Waals surface area contributed by atoms with Crippen molar-refractivity contribution in [2.75, 3.05) is 44.7 Å². The number of fused-ring (bicyclic) bond motifs is 5. The summed E-state index contributed by atoms with van der Waals surface area (Å²) in [5, 5.41) is 14.9. The number of phenolic OH excluding ortho intramolecular Hbond substituents is 1. The third-order valence-corrected chi connectivity index (χ3v) is 11.9. The summed E-state index contributed by atoms with van der Waals surface area (Å²) in [7, 11) is 1.65. The number of aryl methyl sites for hydroxylation is 1. The average Bonchev–Trinajstić information content (AvgIpc) is 3.74. The van der Waals surface area contributed by atoms with Crippen molar-refractivity contribution in [3.63, 3.8) is 0 Å². The summed E-state index contributed by atoms with van der Waals surface area (Å²) in [6.07, 6.45) is 7.35. The molecule has 8 rings (SSSR count). The van der Waals surface area contributed by atoms with E-state index in [-0.39, 0.29) is 46.5 Å². The number of carbonyl (C=O) groups is 1. The Labute approximate surface area is 289 Å². The number of benzene rings is 2. The second kappa shape index (κ2) is 12.5. The van der Waals surface area contributed by atoms with E-state index in [9.17, 15) is 14.3 Å². The average molecular weight is 689 g/mol. The molecule has 1 aliphatic carbocycles. The fraction of sp³-hybridized carbons (Fsp3) is 0.526. The van der Waals surface area contributed by atoms with E-state index >= 15 is 8.78 Å². The third-order valence-electron chi connectivity index (χ3n) is 11.9. The molecule has 9 nitrogen and oxygen atoms in total. The second-order valence-electron chi connectivity index (χ2n) is 15.0. The third kappa shape index (κ3) is 5.59. The fourth-order valence-corrected chi connectivity index (χ4v) is 9.57. The minimum absolute atomic E-state index is 0.00507. The Bertz CT molecular complexity index is 2000. The van der Waals surface area contributed by atoms with Crippen molar-refractivity contribution in [1.82, 2.24) is 25.2 Å². The molecule has 2 aromatic heterocycles. The van der Waals surface area contributed by atoms with E-state index in [0.717, 1.165) is 45.1 Å². The molecule has 50 heavy (non-hydrogen) atoms. The summed E-state index contributed by atoms with van der Waals surface area (Å²) in [6.45, 7) is 4.56. The van der Waals surface area contributed by atoms with E-state index < -0.39 is 23.3 Å². The lowest BCUT2D eigenvalue weighted by Gasteiger charge is -2.41. The molecule has 1 saturated carbocycles. The molecule has 2 unspecified atom stereocenters. The number of rotatable bonds is 9. The van der Waals surface area contributed by atoms with Crippen molar-refractivity contribution in [3.05, 3.63) is 47.7 Å². The smallest absolute Gasteiger partial charge is 0.319 e. The van der Waals surface area contributed by atoms with Crippen LogP contribution in [0.4, 0.5) is 19.0 Å². The molecule has 2 N–H and O–H groups in total. The minimum Gasteiger partial charge on any atom is -0.508 e. The molecule has 3 aliphatic heterocycles. The number of aromatic hydroxyl groups is 1. The van der Waals surface area contributed by atoms with Crippen LogP contribution in [0.2, 0.25) is 0 Å². The van der Waals surface area contributed by atoms with Crippen molar-refractivity contribution in [1.29, 1.82) is 0 Å². The lowest BCUT2D eigenvalue weighted by molar-refractivity contribution is -0.121. The maximum Gasteiger partial charge on any atom is 0.319 e. The molecular formula is C38H43F3N6O3. The first kappa shape index (κ1) is 33.0. The number of alkyl halides is 1. The monoisotopic (exact) mass is 688 g/mol. The van der Waals surface area contributed by atoms with Gasteiger partial charge in [0.1, 0.15) is 41.4 Å². The van der Waals surface area contributed by atoms with E-state index in [1.807, 2.05) is 6.92 Å². The van der Waals surface area contributed by atoms with Crippen molar-refractivity contribution in [3.8, 4) is 23.0 Å². The highest BCUT2D eigenvalue weighted by atomic mass is 19.1. The van der Waals surface area contributed by atoms with Crippen LogP contribution >= 0.6 is 0 Å². The van der Waals surface area contributed by atoms with Gasteiger partial charge in [-0.3, -0.25) is 14.7 Å². The van der Waals surface area contributed by atoms with Crippen LogP contribution in [0.3, 0.4) is 0 Å². The van der Waals surface area contributed by atoms with Crippen molar-refractivity contribution in [2.45, 2.75) is 76.4 Å². The standard InChI is InChI=1S/C38H43F3N6O3/c1-3-26-29(40)6-5-23-13-25(48)14-27(31(23)26)33-32(41)34-28(17-43-33)35(46-18-22-7-10-37(15-22,20-46)11-8-30(49)42-2)45-36(44-34)50-21-38-9-4-12-47(38)19-24(39)16-38/h5-6,13-14,17,22,24,48H,3-4,7-12,15-16,18-21H2,1-2H3,(H,42,49)/t22?,24-,37?,38+/m1/s1. The number of piperidine rings is 1. The zero-order valence-electron chi connectivity index (χ0n) is 28.6. The molecule has 5 heterocycles. The maximum atomic E-state index is 17.1. The molecule has 264 valence electrons. The molecule has 1 amide bonds. The van der Waals surface area contributed by atoms with Crippen molar-refractivity contribution in [2.24, 2.45) is 11.3 Å². The molecule has 3 saturated heterocycles. The number of hydrogen-bond donors (Lipinski definition) is 2. The number of pyridine rings is 1. The van der Waals surface area contributed by atoms with Gasteiger partial charge in [-0.2, -0.15) is 9.97 Å². The Kier molecular flexibility index (Phi) is 8.27. The quantitative estimate of drug-likeness (QED) is 0.206. The van der Waals surface area contributed by atoms with E-state index in [1.54, 1.807) is 19.3 Å². The van der Waals surface area contributed by atoms with Crippen LogP contribution in [0.5, 0.6) is 11.8 Å². The number of anilines is 1. The van der Waals surface area contributed by atoms with Gasteiger partial charge in [-0.15, -0.1) is 0 Å². The number of aromatic nitrogens is 3. The Balaban J connectivity index is 1.25. The van der Waals surface area contributed by atoms with Crippen LogP contribution in [0.1, 0.15) is 63.9 Å². The lowest BCUT2D eigenvalue weighted by atomic mass is 9.78. The second-order valence-corrected chi connectivity index (χ2v) is 15.0. The summed E-state index contributed by atoms with van der Waals surface area (Å²) in [6, 6.07) is 5.87. The Morgan fingerprint density at radius 2 is 2.02 bits per heavy atom. The number of hydrogen-bond acceptors (Lipinski definition) is 8. The summed E-state index contributed by atoms with van der Waals surface area (Å²) >= 11 is 0. The predicted octanol–water partition coefficient (Wildman–Crippen LogP) is 6.48. The van der Waals surface area contributed by atoms with Gasteiger partial charge in [0.05, 0.1) is 10.9 Å². The van der Waals surface area contributed by atoms with E-state index in [2.05, 4.69) is 25.1 Å². The van der Waals surface area contributed by atoms with Gasteiger partial charge in [0.15, 0.2) is 5.82 Å². The van der Waals surface area contributed by atoms with Crippen molar-refractivity contribution < 1.29 is 27.8 Å². The van der Waals surface area contributed by atoms with Gasteiger partial charge in [-0.1, -0.05) is 13.0 Å². The largest absolute Gasteiger partial charge is 0.508 e. The highest BCUT2D eigenvalue weighted by Gasteiger charge is 2.50. The molecule has 4 atom stereocenters. The maximum absolute atomic E-state index is 17.1. The topological polar surface area (TPSA) is 104 Å². The SMILES string of the molecule is CCc1c(F)ccc2cc(O)cc(-c3ncc4c(N5CC6CCC(CCC(=O)NC)(C6)C5)nc(OC[C@@]56CCCN5C[C@H](F)C6)nc4c3F)c12. The fourth-order valence-electron chi connectivity index (χ4n) is 9.57. The van der Waals surface area contributed by atoms with E-state index in [0.29, 0.717) is 72.4 Å². The molecule has 4 fully saturated rings. The van der Waals surface area contributed by atoms with Crippen LogP contribution in [-0.2, 0) is 11.2 Å². The highest BCUT2D eigenvalue weighted by Crippen LogP contribution is 2.51. The Hall–Kier alpha value is -4.19. The van der Waals surface area contributed by atoms with Gasteiger partial charge < -0.3 is 20.1 Å². The molecule has 4 aliphatic rings. The minimum atomic E-state index is -0.928. The zero-order chi connectivity index (χ0) is 34.8. The van der Waals surface area contributed by atoms with Crippen LogP contribution in [-0.4, -0.2) is 82.4 Å². The van der Waals surface area contributed by atoms with Gasteiger partial charge in [-0.05, 0) is 97.4 Å². The van der Waals surface area contributed by atoms with Crippen LogP contribution < -0.4 is 15.0 Å². The number of nitrogens with zero attached hydrogens (tertiary/aromatic N) is 5. The summed E-state index contributed by atoms with van der Waals surface area (Å²) < 4.78 is 53.1. The first-order valence-electron chi connectivity index (χ1n) is 17.9. The number of phenols is 1. The number of nitrogens with one attached hydrogen (secondary N) is 1. The highest BCUT2D eigenvalue weighted by molar-refractivity contribution is 6.01. The van der Waals surface area contributed by atoms with Crippen LogP contribution in [0.25, 0.3) is 32.9 Å². The number of carbonyl (C=O) groups excluding carboxylic acids is 1. The molecular weight excluding hydrogens is 645 g/mol. The van der Waals surface area contributed by atoms with Crippen LogP contribution in [0.15, 0.2) is 30.5 Å². The first-order valence-corrected chi connectivity index (χ1v) is 17.9. The number of amides is 1. The molecule has 4 aromatic rings. The molecule has 2 bridgehead atoms. The molecule has 0 spiro atoms. The van der Waals surface area contributed by atoms with Crippen LogP contribution in [0, 0.1) is 23.0 Å². The lowest BCUT2D eigenvalue weighted by Crippen LogP contribution is -2.44. The Morgan fingerprint density at radius 3 is 2.84 bits per heavy atom. The van der Waals surface area contributed by atoms with Gasteiger partial charge in [0, 0.05) is 51.3 Å². The van der Waals surface area contributed by atoms with Gasteiger partial charge in [0.2, 0.25) is 5.91 Å². The summed E-state index contributed by atoms with van der Waals surface area (Å²) in [4.78, 5) is 30.7. The first-order chi connectivity index (χ1) is 24.1. The molecule has 12 heteroatoms. The van der Waals surface area contributed by atoms with Gasteiger partial charge in [-0.25, -0.2) is 13.2 Å². The van der Waals surface area contributed by atoms with Gasteiger partial charge in [0.25, 0.3) is 0 Å². The van der Waals surface area contributed by atoms with E-state index in [4.69, 9.17) is 9.72 Å². The van der Waals surface area contributed by atoms with Crippen molar-refractivity contribution >= 4 is 33.4 Å². The number of ether oxygens (including phenoxy) is 1. The predicted molar refractivity (Wildman–Crippen MR) is 185 cm³/mol. The zero-order valence-corrected chi connectivity index (χ0v) is 28.6. The Morgan fingerprint density at radius 1 is 1.16 bits per heavy atom. The molecule has 0 radical (unpaired) electrons. The molecule has 2 aromatic carbocycles.